The molecule has 3 heterocycles. The van der Waals surface area contributed by atoms with Crippen LogP contribution in [0.3, 0.4) is 0 Å². The largest absolute Gasteiger partial charge is 0.306 e. The quantitative estimate of drug-likeness (QED) is 0.785. The van der Waals surface area contributed by atoms with Gasteiger partial charge in [0.05, 0.1) is 17.4 Å². The molecular formula is C16H19N5. The lowest BCUT2D eigenvalue weighted by Crippen LogP contribution is -2.30. The Morgan fingerprint density at radius 3 is 2.90 bits per heavy atom. The van der Waals surface area contributed by atoms with Crippen molar-refractivity contribution in [1.82, 2.24) is 24.9 Å². The fraction of sp³-hybridized carbons (Fsp3) is 0.375. The number of nitrogens with one attached hydrogen (secondary N) is 1. The Balaban J connectivity index is 1.70. The van der Waals surface area contributed by atoms with Gasteiger partial charge in [-0.15, -0.1) is 0 Å². The lowest BCUT2D eigenvalue weighted by Gasteiger charge is -2.29. The standard InChI is InChI=1S/C16H19N5/c1-20-8-5-12(6-9-20)16-4-7-18-21(16)14-2-3-15-13(10-14)11-17-19-15/h2-4,7,10-12H,5-6,8-9H2,1H3,(H,17,19). The van der Waals surface area contributed by atoms with Crippen LogP contribution in [0.15, 0.2) is 36.7 Å². The zero-order valence-electron chi connectivity index (χ0n) is 12.2. The van der Waals surface area contributed by atoms with Crippen molar-refractivity contribution in [3.05, 3.63) is 42.4 Å². The van der Waals surface area contributed by atoms with Crippen LogP contribution >= 0.6 is 0 Å². The van der Waals surface area contributed by atoms with E-state index in [1.807, 2.05) is 12.4 Å². The normalized spacial score (nSPS) is 17.6. The number of H-pyrrole nitrogens is 1. The summed E-state index contributed by atoms with van der Waals surface area (Å²) < 4.78 is 2.09. The highest BCUT2D eigenvalue weighted by Gasteiger charge is 2.22. The molecular weight excluding hydrogens is 262 g/mol. The van der Waals surface area contributed by atoms with Crippen molar-refractivity contribution >= 4 is 10.9 Å². The van der Waals surface area contributed by atoms with Gasteiger partial charge in [-0.25, -0.2) is 4.68 Å². The molecule has 5 heteroatoms. The summed E-state index contributed by atoms with van der Waals surface area (Å²) in [5.41, 5.74) is 3.50. The fourth-order valence-corrected chi connectivity index (χ4v) is 3.20. The van der Waals surface area contributed by atoms with E-state index in [1.54, 1.807) is 0 Å². The van der Waals surface area contributed by atoms with Crippen LogP contribution in [0.25, 0.3) is 16.6 Å². The minimum Gasteiger partial charge on any atom is -0.306 e. The van der Waals surface area contributed by atoms with Crippen molar-refractivity contribution < 1.29 is 0 Å². The molecule has 108 valence electrons. The van der Waals surface area contributed by atoms with E-state index in [4.69, 9.17) is 0 Å². The van der Waals surface area contributed by atoms with E-state index in [2.05, 4.69) is 56.2 Å². The molecule has 0 saturated carbocycles. The molecule has 0 aliphatic carbocycles. The molecule has 21 heavy (non-hydrogen) atoms. The van der Waals surface area contributed by atoms with Gasteiger partial charge in [-0.1, -0.05) is 0 Å². The van der Waals surface area contributed by atoms with Crippen molar-refractivity contribution in [2.45, 2.75) is 18.8 Å². The molecule has 3 aromatic rings. The van der Waals surface area contributed by atoms with E-state index in [0.717, 1.165) is 29.7 Å². The second-order valence-corrected chi connectivity index (χ2v) is 5.89. The van der Waals surface area contributed by atoms with Gasteiger partial charge < -0.3 is 4.90 Å². The Kier molecular flexibility index (Phi) is 3.00. The van der Waals surface area contributed by atoms with E-state index in [1.165, 1.54) is 18.5 Å². The van der Waals surface area contributed by atoms with Crippen LogP contribution < -0.4 is 0 Å². The van der Waals surface area contributed by atoms with Gasteiger partial charge in [0.25, 0.3) is 0 Å². The second kappa shape index (κ2) is 5.00. The van der Waals surface area contributed by atoms with Gasteiger partial charge in [-0.2, -0.15) is 10.2 Å². The summed E-state index contributed by atoms with van der Waals surface area (Å²) >= 11 is 0. The van der Waals surface area contributed by atoms with Gasteiger partial charge in [0.2, 0.25) is 0 Å². The number of hydrogen-bond donors (Lipinski definition) is 1. The predicted octanol–water partition coefficient (Wildman–Crippen LogP) is 2.56. The van der Waals surface area contributed by atoms with Crippen molar-refractivity contribution in [2.75, 3.05) is 20.1 Å². The zero-order valence-corrected chi connectivity index (χ0v) is 12.2. The molecule has 1 aliphatic heterocycles. The smallest absolute Gasteiger partial charge is 0.0656 e. The summed E-state index contributed by atoms with van der Waals surface area (Å²) in [6, 6.07) is 8.48. The van der Waals surface area contributed by atoms with E-state index in [-0.39, 0.29) is 0 Å². The van der Waals surface area contributed by atoms with Crippen LogP contribution in [0.2, 0.25) is 0 Å². The number of nitrogens with zero attached hydrogens (tertiary/aromatic N) is 4. The molecule has 0 amide bonds. The molecule has 1 N–H and O–H groups in total. The number of aromatic nitrogens is 4. The summed E-state index contributed by atoms with van der Waals surface area (Å²) in [7, 11) is 2.19. The fourth-order valence-electron chi connectivity index (χ4n) is 3.20. The summed E-state index contributed by atoms with van der Waals surface area (Å²) in [4.78, 5) is 2.40. The Morgan fingerprint density at radius 1 is 1.19 bits per heavy atom. The van der Waals surface area contributed by atoms with Crippen LogP contribution in [0.5, 0.6) is 0 Å². The first kappa shape index (κ1) is 12.6. The maximum atomic E-state index is 4.54. The third kappa shape index (κ3) is 2.23. The zero-order chi connectivity index (χ0) is 14.2. The highest BCUT2D eigenvalue weighted by molar-refractivity contribution is 5.80. The molecule has 4 rings (SSSR count). The lowest BCUT2D eigenvalue weighted by molar-refractivity contribution is 0.252. The summed E-state index contributed by atoms with van der Waals surface area (Å²) in [6.07, 6.45) is 6.18. The molecule has 0 atom stereocenters. The SMILES string of the molecule is CN1CCC(c2ccnn2-c2ccc3[nH]ncc3c2)CC1. The monoisotopic (exact) mass is 281 g/mol. The molecule has 1 fully saturated rings. The first-order valence-electron chi connectivity index (χ1n) is 7.47. The van der Waals surface area contributed by atoms with Crippen molar-refractivity contribution in [1.29, 1.82) is 0 Å². The molecule has 1 aromatic carbocycles. The Morgan fingerprint density at radius 2 is 2.05 bits per heavy atom. The lowest BCUT2D eigenvalue weighted by atomic mass is 9.93. The Bertz CT molecular complexity index is 749. The average Bonchev–Trinajstić information content (AvgIpc) is 3.16. The average molecular weight is 281 g/mol. The van der Waals surface area contributed by atoms with E-state index in [9.17, 15) is 0 Å². The molecule has 0 spiro atoms. The first-order valence-corrected chi connectivity index (χ1v) is 7.47. The van der Waals surface area contributed by atoms with Crippen LogP contribution in [0.1, 0.15) is 24.5 Å². The molecule has 0 bridgehead atoms. The van der Waals surface area contributed by atoms with Crippen LogP contribution in [-0.2, 0) is 0 Å². The topological polar surface area (TPSA) is 49.7 Å². The summed E-state index contributed by atoms with van der Waals surface area (Å²) in [5, 5.41) is 12.7. The molecule has 0 radical (unpaired) electrons. The minimum atomic E-state index is 0.601. The maximum absolute atomic E-state index is 4.54. The Labute approximate surface area is 123 Å². The number of benzene rings is 1. The van der Waals surface area contributed by atoms with E-state index < -0.39 is 0 Å². The van der Waals surface area contributed by atoms with Gasteiger partial charge >= 0.3 is 0 Å². The number of hydrogen-bond acceptors (Lipinski definition) is 3. The molecule has 1 saturated heterocycles. The third-order valence-corrected chi connectivity index (χ3v) is 4.48. The van der Waals surface area contributed by atoms with Crippen molar-refractivity contribution in [2.24, 2.45) is 0 Å². The van der Waals surface area contributed by atoms with E-state index >= 15 is 0 Å². The number of fused-ring (bicyclic) bond motifs is 1. The number of aromatic amines is 1. The van der Waals surface area contributed by atoms with Gasteiger partial charge in [0.15, 0.2) is 0 Å². The molecule has 5 nitrogen and oxygen atoms in total. The highest BCUT2D eigenvalue weighted by atomic mass is 15.3. The van der Waals surface area contributed by atoms with Crippen molar-refractivity contribution in [3.8, 4) is 5.69 Å². The highest BCUT2D eigenvalue weighted by Crippen LogP contribution is 2.29. The van der Waals surface area contributed by atoms with Crippen LogP contribution in [-0.4, -0.2) is 45.0 Å². The summed E-state index contributed by atoms with van der Waals surface area (Å²) in [6.45, 7) is 2.33. The summed E-state index contributed by atoms with van der Waals surface area (Å²) in [5.74, 6) is 0.601. The second-order valence-electron chi connectivity index (χ2n) is 5.89. The number of rotatable bonds is 2. The van der Waals surface area contributed by atoms with Crippen LogP contribution in [0.4, 0.5) is 0 Å². The molecule has 1 aliphatic rings. The van der Waals surface area contributed by atoms with Crippen LogP contribution in [0, 0.1) is 0 Å². The van der Waals surface area contributed by atoms with Gasteiger partial charge in [-0.3, -0.25) is 5.10 Å². The van der Waals surface area contributed by atoms with Gasteiger partial charge in [0, 0.05) is 23.2 Å². The van der Waals surface area contributed by atoms with Gasteiger partial charge in [0.1, 0.15) is 0 Å². The minimum absolute atomic E-state index is 0.601. The predicted molar refractivity (Wildman–Crippen MR) is 82.7 cm³/mol. The molecule has 2 aromatic heterocycles. The first-order chi connectivity index (χ1) is 10.3. The number of likely N-dealkylation sites (tertiary alicyclic amines) is 1. The van der Waals surface area contributed by atoms with E-state index in [0.29, 0.717) is 5.92 Å². The maximum Gasteiger partial charge on any atom is 0.0656 e. The van der Waals surface area contributed by atoms with Gasteiger partial charge in [-0.05, 0) is 57.2 Å². The molecule has 0 unspecified atom stereocenters. The van der Waals surface area contributed by atoms with Crippen molar-refractivity contribution in [3.63, 3.8) is 0 Å². The third-order valence-electron chi connectivity index (χ3n) is 4.48. The Hall–Kier alpha value is -2.14. The number of piperidine rings is 1.